The second-order valence-electron chi connectivity index (χ2n) is 11.8. The first-order valence-corrected chi connectivity index (χ1v) is 13.8. The van der Waals surface area contributed by atoms with E-state index in [9.17, 15) is 39.9 Å². The molecule has 1 heterocycles. The first kappa shape index (κ1) is 29.1. The van der Waals surface area contributed by atoms with Crippen LogP contribution < -0.4 is 10.5 Å². The van der Waals surface area contributed by atoms with Crippen molar-refractivity contribution in [3.63, 3.8) is 0 Å². The Balaban J connectivity index is 1.59. The number of aliphatic hydroxyl groups is 4. The SMILES string of the molecule is COc1c(CN2CCC(CO)CC2)cc(O)c2c1C[C@H]1C[C@H]3[C@H](N(C)C)C(O)=C(C(N)=O)C(=O)[C@@]3(O)C(O)=C1C2=O. The van der Waals surface area contributed by atoms with E-state index in [4.69, 9.17) is 10.5 Å². The van der Waals surface area contributed by atoms with Crippen molar-refractivity contribution >= 4 is 17.5 Å². The van der Waals surface area contributed by atoms with Crippen LogP contribution in [0, 0.1) is 17.8 Å². The lowest BCUT2D eigenvalue weighted by molar-refractivity contribution is -0.148. The highest BCUT2D eigenvalue weighted by Crippen LogP contribution is 2.53. The molecule has 1 amide bonds. The van der Waals surface area contributed by atoms with Gasteiger partial charge in [0.05, 0.1) is 18.7 Å². The maximum absolute atomic E-state index is 13.9. The third-order valence-electron chi connectivity index (χ3n) is 9.31. The van der Waals surface area contributed by atoms with Crippen molar-refractivity contribution in [3.8, 4) is 11.5 Å². The van der Waals surface area contributed by atoms with Crippen LogP contribution in [0.2, 0.25) is 0 Å². The minimum atomic E-state index is -2.68. The van der Waals surface area contributed by atoms with E-state index >= 15 is 0 Å². The number of carbonyl (C=O) groups is 3. The zero-order valence-corrected chi connectivity index (χ0v) is 23.4. The van der Waals surface area contributed by atoms with Crippen LogP contribution in [0.5, 0.6) is 11.5 Å². The number of carbonyl (C=O) groups excluding carboxylic acids is 3. The minimum Gasteiger partial charge on any atom is -0.510 e. The van der Waals surface area contributed by atoms with E-state index in [2.05, 4.69) is 4.90 Å². The normalized spacial score (nSPS) is 29.0. The van der Waals surface area contributed by atoms with Crippen molar-refractivity contribution in [2.24, 2.45) is 23.5 Å². The Morgan fingerprint density at radius 3 is 2.41 bits per heavy atom. The largest absolute Gasteiger partial charge is 0.510 e. The van der Waals surface area contributed by atoms with E-state index in [-0.39, 0.29) is 42.3 Å². The number of Topliss-reactive ketones (excluding diaryl/α,β-unsaturated/α-hetero) is 2. The maximum Gasteiger partial charge on any atom is 0.255 e. The highest BCUT2D eigenvalue weighted by atomic mass is 16.5. The zero-order chi connectivity index (χ0) is 30.0. The van der Waals surface area contributed by atoms with Gasteiger partial charge in [-0.25, -0.2) is 0 Å². The number of aliphatic hydroxyl groups excluding tert-OH is 3. The summed E-state index contributed by atoms with van der Waals surface area (Å²) in [7, 11) is 4.66. The summed E-state index contributed by atoms with van der Waals surface area (Å²) in [5, 5.41) is 54.6. The molecule has 0 bridgehead atoms. The number of aromatic hydroxyl groups is 1. The number of benzene rings is 1. The van der Waals surface area contributed by atoms with Gasteiger partial charge in [-0.1, -0.05) is 0 Å². The molecule has 1 aliphatic heterocycles. The number of likely N-dealkylation sites (N-methyl/N-ethyl adjacent to an activating group) is 1. The van der Waals surface area contributed by atoms with Crippen molar-refractivity contribution in [2.75, 3.05) is 40.9 Å². The number of methoxy groups -OCH3 is 1. The van der Waals surface area contributed by atoms with Gasteiger partial charge in [-0.05, 0) is 70.8 Å². The second kappa shape index (κ2) is 10.4. The first-order chi connectivity index (χ1) is 19.4. The van der Waals surface area contributed by atoms with Gasteiger partial charge in [0.2, 0.25) is 5.78 Å². The molecule has 4 aliphatic rings. The van der Waals surface area contributed by atoms with Gasteiger partial charge >= 0.3 is 0 Å². The Morgan fingerprint density at radius 2 is 1.85 bits per heavy atom. The molecule has 222 valence electrons. The predicted octanol–water partition coefficient (Wildman–Crippen LogP) is 0.334. The monoisotopic (exact) mass is 571 g/mol. The molecule has 3 aliphatic carbocycles. The molecule has 0 radical (unpaired) electrons. The fourth-order valence-electron chi connectivity index (χ4n) is 7.30. The Kier molecular flexibility index (Phi) is 7.39. The highest BCUT2D eigenvalue weighted by molar-refractivity contribution is 6.24. The van der Waals surface area contributed by atoms with Gasteiger partial charge in [-0.15, -0.1) is 0 Å². The number of ether oxygens (including phenoxy) is 1. The number of hydrogen-bond donors (Lipinski definition) is 6. The number of fused-ring (bicyclic) bond motifs is 3. The zero-order valence-electron chi connectivity index (χ0n) is 23.4. The number of nitrogens with two attached hydrogens (primary N) is 1. The van der Waals surface area contributed by atoms with Gasteiger partial charge in [0.25, 0.3) is 5.91 Å². The quantitative estimate of drug-likeness (QED) is 0.258. The number of amides is 1. The molecule has 41 heavy (non-hydrogen) atoms. The van der Waals surface area contributed by atoms with Crippen molar-refractivity contribution in [1.29, 1.82) is 0 Å². The van der Waals surface area contributed by atoms with E-state index in [1.54, 1.807) is 14.1 Å². The molecule has 7 N–H and O–H groups in total. The predicted molar refractivity (Wildman–Crippen MR) is 145 cm³/mol. The minimum absolute atomic E-state index is 0.00851. The van der Waals surface area contributed by atoms with Crippen LogP contribution >= 0.6 is 0 Å². The van der Waals surface area contributed by atoms with Gasteiger partial charge in [0, 0.05) is 35.8 Å². The molecule has 0 unspecified atom stereocenters. The second-order valence-corrected chi connectivity index (χ2v) is 11.8. The van der Waals surface area contributed by atoms with Gasteiger partial charge in [0.15, 0.2) is 11.4 Å². The lowest BCUT2D eigenvalue weighted by Gasteiger charge is -2.50. The lowest BCUT2D eigenvalue weighted by Crippen LogP contribution is -2.63. The molecule has 0 spiro atoms. The molecule has 5 rings (SSSR count). The highest BCUT2D eigenvalue weighted by Gasteiger charge is 2.63. The summed E-state index contributed by atoms with van der Waals surface area (Å²) >= 11 is 0. The third kappa shape index (κ3) is 4.32. The standard InChI is InChI=1S/C29H37N3O9/c1-31(2)22-17-9-14-8-16-20(18(34)10-15(25(16)41-3)11-32-6-4-13(12-33)5-7-32)23(35)19(14)26(37)29(17,40)27(38)21(24(22)36)28(30)39/h10,13-14,17,22,33-34,36-37,40H,4-9,11-12H2,1-3H3,(H2,30,39)/t14-,17-,22-,29-/m0/s1. The van der Waals surface area contributed by atoms with Gasteiger partial charge in [-0.3, -0.25) is 24.2 Å². The van der Waals surface area contributed by atoms with E-state index in [0.29, 0.717) is 23.4 Å². The van der Waals surface area contributed by atoms with Crippen molar-refractivity contribution in [3.05, 3.63) is 45.4 Å². The Hall–Kier alpha value is -3.45. The number of phenols is 1. The Labute approximate surface area is 237 Å². The van der Waals surface area contributed by atoms with Crippen LogP contribution in [0.25, 0.3) is 0 Å². The van der Waals surface area contributed by atoms with Crippen molar-refractivity contribution in [2.45, 2.75) is 43.9 Å². The molecule has 0 saturated carbocycles. The van der Waals surface area contributed by atoms with Crippen LogP contribution in [-0.2, 0) is 22.6 Å². The summed E-state index contributed by atoms with van der Waals surface area (Å²) in [5.74, 6) is -6.16. The Bertz CT molecular complexity index is 1380. The van der Waals surface area contributed by atoms with Crippen LogP contribution in [0.1, 0.15) is 40.7 Å². The summed E-state index contributed by atoms with van der Waals surface area (Å²) in [6.45, 7) is 2.14. The smallest absolute Gasteiger partial charge is 0.255 e. The fourth-order valence-corrected chi connectivity index (χ4v) is 7.30. The molecule has 1 fully saturated rings. The third-order valence-corrected chi connectivity index (χ3v) is 9.31. The summed E-state index contributed by atoms with van der Waals surface area (Å²) in [6, 6.07) is 0.412. The molecule has 1 saturated heterocycles. The van der Waals surface area contributed by atoms with Gasteiger partial charge < -0.3 is 36.0 Å². The molecule has 1 aromatic rings. The molecular weight excluding hydrogens is 534 g/mol. The van der Waals surface area contributed by atoms with Crippen molar-refractivity contribution < 1.29 is 44.7 Å². The molecule has 1 aromatic carbocycles. The van der Waals surface area contributed by atoms with Crippen LogP contribution in [0.15, 0.2) is 28.7 Å². The number of allylic oxidation sites excluding steroid dienone is 1. The molecule has 0 aromatic heterocycles. The summed E-state index contributed by atoms with van der Waals surface area (Å²) < 4.78 is 5.78. The van der Waals surface area contributed by atoms with E-state index < -0.39 is 58.0 Å². The number of rotatable bonds is 6. The average Bonchev–Trinajstić information content (AvgIpc) is 2.90. The van der Waals surface area contributed by atoms with E-state index in [0.717, 1.165) is 25.9 Å². The van der Waals surface area contributed by atoms with Crippen LogP contribution in [0.3, 0.4) is 0 Å². The number of phenolic OH excluding ortho intramolecular Hbond substituents is 1. The number of ketones is 2. The number of nitrogens with zero attached hydrogens (tertiary/aromatic N) is 2. The molecular formula is C29H37N3O9. The molecule has 4 atom stereocenters. The lowest BCUT2D eigenvalue weighted by atomic mass is 9.58. The summed E-state index contributed by atoms with van der Waals surface area (Å²) in [5.41, 5.74) is 2.73. The van der Waals surface area contributed by atoms with Gasteiger partial charge in [0.1, 0.15) is 28.6 Å². The average molecular weight is 572 g/mol. The van der Waals surface area contributed by atoms with E-state index in [1.807, 2.05) is 0 Å². The number of primary amides is 1. The molecule has 12 nitrogen and oxygen atoms in total. The fraction of sp³-hybridized carbons (Fsp3) is 0.552. The van der Waals surface area contributed by atoms with Crippen LogP contribution in [-0.4, -0.2) is 105 Å². The molecule has 12 heteroatoms. The summed E-state index contributed by atoms with van der Waals surface area (Å²) in [6.07, 6.45) is 1.86. The number of hydrogen-bond acceptors (Lipinski definition) is 11. The first-order valence-electron chi connectivity index (χ1n) is 13.8. The van der Waals surface area contributed by atoms with Gasteiger partial charge in [-0.2, -0.15) is 0 Å². The number of piperidine rings is 1. The Morgan fingerprint density at radius 1 is 1.20 bits per heavy atom. The summed E-state index contributed by atoms with van der Waals surface area (Å²) in [4.78, 5) is 43.1. The van der Waals surface area contributed by atoms with Crippen molar-refractivity contribution in [1.82, 2.24) is 9.80 Å². The topological polar surface area (TPSA) is 194 Å². The van der Waals surface area contributed by atoms with E-state index in [1.165, 1.54) is 18.1 Å². The maximum atomic E-state index is 13.9. The number of likely N-dealkylation sites (tertiary alicyclic amines) is 1. The van der Waals surface area contributed by atoms with Crippen LogP contribution in [0.4, 0.5) is 0 Å².